The van der Waals surface area contributed by atoms with Crippen LogP contribution in [0.5, 0.6) is 0 Å². The highest BCUT2D eigenvalue weighted by molar-refractivity contribution is 4.95. The van der Waals surface area contributed by atoms with Gasteiger partial charge >= 0.3 is 0 Å². The fraction of sp³-hybridized carbons (Fsp3) is 0.867. The Kier molecular flexibility index (Phi) is 6.14. The molecule has 0 aliphatic carbocycles. The summed E-state index contributed by atoms with van der Waals surface area (Å²) in [5.41, 5.74) is 6.39. The number of hydrogen-bond acceptors (Lipinski definition) is 4. The van der Waals surface area contributed by atoms with E-state index < -0.39 is 0 Å². The summed E-state index contributed by atoms with van der Waals surface area (Å²) in [5.74, 6) is 1.48. The first-order valence-corrected chi connectivity index (χ1v) is 7.49. The summed E-state index contributed by atoms with van der Waals surface area (Å²) in [6.07, 6.45) is 2.31. The van der Waals surface area contributed by atoms with Crippen LogP contribution in [-0.2, 0) is 17.7 Å². The Hall–Kier alpha value is -0.940. The lowest BCUT2D eigenvalue weighted by Gasteiger charge is -2.34. The molecule has 0 fully saturated rings. The molecule has 1 aromatic heterocycles. The van der Waals surface area contributed by atoms with Crippen LogP contribution in [0.4, 0.5) is 0 Å². The first-order valence-electron chi connectivity index (χ1n) is 7.49. The number of rotatable bonds is 7. The van der Waals surface area contributed by atoms with Crippen molar-refractivity contribution in [2.75, 3.05) is 6.61 Å². The molecule has 1 heterocycles. The minimum absolute atomic E-state index is 0.0108. The molecule has 0 amide bonds. The Labute approximate surface area is 122 Å². The van der Waals surface area contributed by atoms with Crippen molar-refractivity contribution in [3.8, 4) is 0 Å². The van der Waals surface area contributed by atoms with Crippen LogP contribution >= 0.6 is 0 Å². The molecular weight excluding hydrogens is 252 g/mol. The molecule has 20 heavy (non-hydrogen) atoms. The minimum atomic E-state index is -0.0786. The van der Waals surface area contributed by atoms with Crippen LogP contribution < -0.4 is 5.73 Å². The van der Waals surface area contributed by atoms with Crippen LogP contribution in [0.25, 0.3) is 0 Å². The third-order valence-electron chi connectivity index (χ3n) is 3.24. The molecule has 0 spiro atoms. The SMILES string of the molecule is CCOC(C(N)Cc1ncnn1CC(C)C)C(C)(C)C. The van der Waals surface area contributed by atoms with E-state index in [9.17, 15) is 0 Å². The highest BCUT2D eigenvalue weighted by Gasteiger charge is 2.31. The molecule has 0 aliphatic heterocycles. The zero-order valence-electron chi connectivity index (χ0n) is 13.8. The van der Waals surface area contributed by atoms with E-state index in [0.717, 1.165) is 12.4 Å². The highest BCUT2D eigenvalue weighted by atomic mass is 16.5. The van der Waals surface area contributed by atoms with Gasteiger partial charge in [-0.1, -0.05) is 34.6 Å². The van der Waals surface area contributed by atoms with Crippen LogP contribution in [0.1, 0.15) is 47.4 Å². The summed E-state index contributed by atoms with van der Waals surface area (Å²) < 4.78 is 7.81. The molecule has 2 unspecified atom stereocenters. The predicted molar refractivity (Wildman–Crippen MR) is 81.4 cm³/mol. The lowest BCUT2D eigenvalue weighted by Crippen LogP contribution is -2.47. The molecule has 2 atom stereocenters. The quantitative estimate of drug-likeness (QED) is 0.833. The number of nitrogens with zero attached hydrogens (tertiary/aromatic N) is 3. The van der Waals surface area contributed by atoms with Gasteiger partial charge in [-0.05, 0) is 18.3 Å². The Morgan fingerprint density at radius 2 is 2.00 bits per heavy atom. The van der Waals surface area contributed by atoms with E-state index in [4.69, 9.17) is 10.5 Å². The van der Waals surface area contributed by atoms with Gasteiger partial charge in [0.05, 0.1) is 6.10 Å². The van der Waals surface area contributed by atoms with Crippen LogP contribution in [0, 0.1) is 11.3 Å². The first kappa shape index (κ1) is 17.1. The van der Waals surface area contributed by atoms with Gasteiger partial charge in [0.1, 0.15) is 12.2 Å². The van der Waals surface area contributed by atoms with E-state index in [1.54, 1.807) is 6.33 Å². The van der Waals surface area contributed by atoms with Gasteiger partial charge in [0, 0.05) is 25.6 Å². The molecule has 0 saturated heterocycles. The number of ether oxygens (including phenoxy) is 1. The summed E-state index contributed by atoms with van der Waals surface area (Å²) in [5, 5.41) is 4.29. The van der Waals surface area contributed by atoms with E-state index in [1.165, 1.54) is 0 Å². The minimum Gasteiger partial charge on any atom is -0.376 e. The van der Waals surface area contributed by atoms with Gasteiger partial charge in [0.25, 0.3) is 0 Å². The molecule has 1 aromatic rings. The zero-order chi connectivity index (χ0) is 15.3. The molecule has 0 bridgehead atoms. The second kappa shape index (κ2) is 7.18. The van der Waals surface area contributed by atoms with Crippen molar-refractivity contribution in [2.45, 2.75) is 66.7 Å². The monoisotopic (exact) mass is 282 g/mol. The van der Waals surface area contributed by atoms with Gasteiger partial charge < -0.3 is 10.5 Å². The first-order chi connectivity index (χ1) is 9.25. The maximum atomic E-state index is 6.37. The molecule has 116 valence electrons. The highest BCUT2D eigenvalue weighted by Crippen LogP contribution is 2.25. The van der Waals surface area contributed by atoms with Crippen molar-refractivity contribution in [3.63, 3.8) is 0 Å². The largest absolute Gasteiger partial charge is 0.376 e. The molecule has 5 heteroatoms. The lowest BCUT2D eigenvalue weighted by molar-refractivity contribution is -0.0279. The van der Waals surface area contributed by atoms with Crippen molar-refractivity contribution in [1.29, 1.82) is 0 Å². The summed E-state index contributed by atoms with van der Waals surface area (Å²) in [6, 6.07) is -0.0786. The van der Waals surface area contributed by atoms with Gasteiger partial charge in [0.2, 0.25) is 0 Å². The summed E-state index contributed by atoms with van der Waals surface area (Å²) in [7, 11) is 0. The number of aromatic nitrogens is 3. The third kappa shape index (κ3) is 4.87. The number of nitrogens with two attached hydrogens (primary N) is 1. The van der Waals surface area contributed by atoms with Crippen LogP contribution in [0.3, 0.4) is 0 Å². The Balaban J connectivity index is 2.78. The standard InChI is InChI=1S/C15H30N4O/c1-7-20-14(15(4,5)6)12(16)8-13-17-10-18-19(13)9-11(2)3/h10-12,14H,7-9,16H2,1-6H3. The molecule has 5 nitrogen and oxygen atoms in total. The number of hydrogen-bond donors (Lipinski definition) is 1. The van der Waals surface area contributed by atoms with Crippen molar-refractivity contribution < 1.29 is 4.74 Å². The molecule has 0 radical (unpaired) electrons. The maximum absolute atomic E-state index is 6.37. The molecular formula is C15H30N4O. The van der Waals surface area contributed by atoms with Crippen molar-refractivity contribution in [2.24, 2.45) is 17.1 Å². The average Bonchev–Trinajstić information content (AvgIpc) is 2.70. The second-order valence-corrected chi connectivity index (χ2v) is 6.86. The normalized spacial score (nSPS) is 15.6. The Morgan fingerprint density at radius 3 is 2.50 bits per heavy atom. The molecule has 0 saturated carbocycles. The fourth-order valence-corrected chi connectivity index (χ4v) is 2.46. The van der Waals surface area contributed by atoms with Crippen LogP contribution in [0.2, 0.25) is 0 Å². The fourth-order valence-electron chi connectivity index (χ4n) is 2.46. The molecule has 2 N–H and O–H groups in total. The van der Waals surface area contributed by atoms with Crippen molar-refractivity contribution >= 4 is 0 Å². The van der Waals surface area contributed by atoms with E-state index in [2.05, 4.69) is 44.7 Å². The lowest BCUT2D eigenvalue weighted by atomic mass is 9.83. The Bertz CT molecular complexity index is 395. The third-order valence-corrected chi connectivity index (χ3v) is 3.24. The molecule has 1 rings (SSSR count). The van der Waals surface area contributed by atoms with Crippen molar-refractivity contribution in [3.05, 3.63) is 12.2 Å². The van der Waals surface area contributed by atoms with E-state index in [-0.39, 0.29) is 17.6 Å². The van der Waals surface area contributed by atoms with Gasteiger partial charge in [-0.25, -0.2) is 9.67 Å². The Morgan fingerprint density at radius 1 is 1.35 bits per heavy atom. The summed E-state index contributed by atoms with van der Waals surface area (Å²) >= 11 is 0. The van der Waals surface area contributed by atoms with E-state index in [0.29, 0.717) is 18.9 Å². The molecule has 0 aliphatic rings. The summed E-state index contributed by atoms with van der Waals surface area (Å²) in [6.45, 7) is 14.4. The molecule has 0 aromatic carbocycles. The predicted octanol–water partition coefficient (Wildman–Crippen LogP) is 2.26. The van der Waals surface area contributed by atoms with E-state index in [1.807, 2.05) is 11.6 Å². The van der Waals surface area contributed by atoms with Gasteiger partial charge in [-0.15, -0.1) is 0 Å². The van der Waals surface area contributed by atoms with Gasteiger partial charge in [0.15, 0.2) is 0 Å². The van der Waals surface area contributed by atoms with E-state index >= 15 is 0 Å². The zero-order valence-corrected chi connectivity index (χ0v) is 13.8. The van der Waals surface area contributed by atoms with Crippen LogP contribution in [-0.4, -0.2) is 33.5 Å². The second-order valence-electron chi connectivity index (χ2n) is 6.86. The van der Waals surface area contributed by atoms with Gasteiger partial charge in [-0.3, -0.25) is 0 Å². The maximum Gasteiger partial charge on any atom is 0.138 e. The van der Waals surface area contributed by atoms with Crippen LogP contribution in [0.15, 0.2) is 6.33 Å². The van der Waals surface area contributed by atoms with Crippen molar-refractivity contribution in [1.82, 2.24) is 14.8 Å². The average molecular weight is 282 g/mol. The summed E-state index contributed by atoms with van der Waals surface area (Å²) in [4.78, 5) is 4.35. The van der Waals surface area contributed by atoms with Gasteiger partial charge in [-0.2, -0.15) is 5.10 Å². The topological polar surface area (TPSA) is 66.0 Å². The smallest absolute Gasteiger partial charge is 0.138 e.